The number of benzene rings is 3. The highest BCUT2D eigenvalue weighted by Crippen LogP contribution is 2.19. The van der Waals surface area contributed by atoms with Crippen LogP contribution in [0.5, 0.6) is 0 Å². The Morgan fingerprint density at radius 1 is 0.893 bits per heavy atom. The Morgan fingerprint density at radius 3 is 1.93 bits per heavy atom. The fourth-order valence-electron chi connectivity index (χ4n) is 3.15. The molecule has 142 valence electrons. The maximum atomic E-state index is 13.1. The topological polar surface area (TPSA) is 63.4 Å². The lowest BCUT2D eigenvalue weighted by atomic mass is 10.0. The molecule has 3 aromatic rings. The van der Waals surface area contributed by atoms with Crippen molar-refractivity contribution in [2.75, 3.05) is 0 Å². The van der Waals surface area contributed by atoms with Crippen molar-refractivity contribution in [1.82, 2.24) is 4.90 Å². The summed E-state index contributed by atoms with van der Waals surface area (Å²) in [5.41, 5.74) is 2.50. The number of nitro groups is 1. The second-order valence-electron chi connectivity index (χ2n) is 6.72. The van der Waals surface area contributed by atoms with Crippen LogP contribution >= 0.6 is 0 Å². The van der Waals surface area contributed by atoms with Gasteiger partial charge in [-0.3, -0.25) is 19.8 Å². The molecule has 0 radical (unpaired) electrons. The van der Waals surface area contributed by atoms with Gasteiger partial charge in [0.15, 0.2) is 5.78 Å². The molecule has 1 atom stereocenters. The number of hydrogen-bond acceptors (Lipinski definition) is 4. The van der Waals surface area contributed by atoms with Crippen molar-refractivity contribution >= 4 is 11.5 Å². The highest BCUT2D eigenvalue weighted by atomic mass is 16.6. The number of carbonyl (C=O) groups is 1. The molecule has 28 heavy (non-hydrogen) atoms. The van der Waals surface area contributed by atoms with Gasteiger partial charge in [-0.1, -0.05) is 72.8 Å². The zero-order valence-corrected chi connectivity index (χ0v) is 15.7. The van der Waals surface area contributed by atoms with Crippen LogP contribution in [-0.4, -0.2) is 21.6 Å². The van der Waals surface area contributed by atoms with Gasteiger partial charge in [-0.25, -0.2) is 0 Å². The Bertz CT molecular complexity index is 901. The molecule has 0 N–H and O–H groups in total. The van der Waals surface area contributed by atoms with Gasteiger partial charge < -0.3 is 0 Å². The summed E-state index contributed by atoms with van der Waals surface area (Å²) < 4.78 is 0. The lowest BCUT2D eigenvalue weighted by molar-refractivity contribution is -0.384. The highest BCUT2D eigenvalue weighted by Gasteiger charge is 2.24. The molecule has 0 spiro atoms. The molecule has 3 aromatic carbocycles. The van der Waals surface area contributed by atoms with Crippen LogP contribution in [0.25, 0.3) is 0 Å². The van der Waals surface area contributed by atoms with Crippen LogP contribution in [-0.2, 0) is 13.1 Å². The number of rotatable bonds is 8. The lowest BCUT2D eigenvalue weighted by Crippen LogP contribution is -2.38. The fourth-order valence-corrected chi connectivity index (χ4v) is 3.15. The van der Waals surface area contributed by atoms with Crippen LogP contribution in [0.1, 0.15) is 28.4 Å². The number of ketones is 1. The normalized spacial score (nSPS) is 11.9. The van der Waals surface area contributed by atoms with E-state index in [4.69, 9.17) is 0 Å². The quantitative estimate of drug-likeness (QED) is 0.321. The van der Waals surface area contributed by atoms with Gasteiger partial charge in [-0.05, 0) is 18.1 Å². The van der Waals surface area contributed by atoms with Gasteiger partial charge >= 0.3 is 0 Å². The molecule has 5 heteroatoms. The molecule has 0 aliphatic carbocycles. The minimum absolute atomic E-state index is 0.0734. The molecule has 0 saturated heterocycles. The number of hydrogen-bond donors (Lipinski definition) is 0. The van der Waals surface area contributed by atoms with Gasteiger partial charge in [0.05, 0.1) is 11.0 Å². The van der Waals surface area contributed by atoms with E-state index < -0.39 is 11.0 Å². The van der Waals surface area contributed by atoms with Crippen molar-refractivity contribution in [2.24, 2.45) is 0 Å². The molecule has 0 saturated carbocycles. The first kappa shape index (κ1) is 19.5. The standard InChI is InChI=1S/C23H22N2O3/c1-18(23(26)21-13-8-14-22(15-21)25(27)28)24(16-19-9-4-2-5-10-19)17-20-11-6-3-7-12-20/h2-15,18H,16-17H2,1H3. The van der Waals surface area contributed by atoms with Crippen LogP contribution in [0.2, 0.25) is 0 Å². The van der Waals surface area contributed by atoms with E-state index in [1.54, 1.807) is 12.1 Å². The third-order valence-electron chi connectivity index (χ3n) is 4.73. The van der Waals surface area contributed by atoms with Gasteiger partial charge in [0, 0.05) is 30.8 Å². The van der Waals surface area contributed by atoms with Gasteiger partial charge in [0.1, 0.15) is 0 Å². The summed E-state index contributed by atoms with van der Waals surface area (Å²) in [6, 6.07) is 25.4. The second kappa shape index (κ2) is 9.06. The first-order valence-corrected chi connectivity index (χ1v) is 9.15. The molecule has 0 amide bonds. The molecule has 0 bridgehead atoms. The van der Waals surface area contributed by atoms with Gasteiger partial charge in [0.2, 0.25) is 0 Å². The minimum Gasteiger partial charge on any atom is -0.292 e. The summed E-state index contributed by atoms with van der Waals surface area (Å²) in [6.07, 6.45) is 0. The molecule has 0 aromatic heterocycles. The number of nitrogens with zero attached hydrogens (tertiary/aromatic N) is 2. The molecule has 1 unspecified atom stereocenters. The highest BCUT2D eigenvalue weighted by molar-refractivity contribution is 6.00. The van der Waals surface area contributed by atoms with E-state index in [2.05, 4.69) is 4.90 Å². The lowest BCUT2D eigenvalue weighted by Gasteiger charge is -2.28. The van der Waals surface area contributed by atoms with Crippen LogP contribution < -0.4 is 0 Å². The number of non-ortho nitro benzene ring substituents is 1. The molecular formula is C23H22N2O3. The van der Waals surface area contributed by atoms with E-state index in [-0.39, 0.29) is 11.5 Å². The SMILES string of the molecule is CC(C(=O)c1cccc([N+](=O)[O-])c1)N(Cc1ccccc1)Cc1ccccc1. The summed E-state index contributed by atoms with van der Waals surface area (Å²) in [5.74, 6) is -0.129. The number of carbonyl (C=O) groups excluding carboxylic acids is 1. The van der Waals surface area contributed by atoms with Crippen LogP contribution in [0.3, 0.4) is 0 Å². The molecule has 0 aliphatic rings. The molecular weight excluding hydrogens is 352 g/mol. The van der Waals surface area contributed by atoms with E-state index >= 15 is 0 Å². The first-order valence-electron chi connectivity index (χ1n) is 9.15. The van der Waals surface area contributed by atoms with Crippen molar-refractivity contribution in [1.29, 1.82) is 0 Å². The van der Waals surface area contributed by atoms with E-state index in [1.165, 1.54) is 12.1 Å². The maximum absolute atomic E-state index is 13.1. The Kier molecular flexibility index (Phi) is 6.29. The van der Waals surface area contributed by atoms with Crippen molar-refractivity contribution in [3.63, 3.8) is 0 Å². The summed E-state index contributed by atoms with van der Waals surface area (Å²) in [6.45, 7) is 3.07. The van der Waals surface area contributed by atoms with Crippen LogP contribution in [0.4, 0.5) is 5.69 Å². The van der Waals surface area contributed by atoms with Crippen molar-refractivity contribution in [3.8, 4) is 0 Å². The van der Waals surface area contributed by atoms with Crippen molar-refractivity contribution < 1.29 is 9.72 Å². The molecule has 0 aliphatic heterocycles. The Balaban J connectivity index is 1.86. The molecule has 0 heterocycles. The third kappa shape index (κ3) is 4.90. The predicted molar refractivity (Wildman–Crippen MR) is 109 cm³/mol. The summed E-state index contributed by atoms with van der Waals surface area (Å²) in [4.78, 5) is 25.7. The predicted octanol–water partition coefficient (Wildman–Crippen LogP) is 4.87. The van der Waals surface area contributed by atoms with Crippen molar-refractivity contribution in [2.45, 2.75) is 26.1 Å². The van der Waals surface area contributed by atoms with Crippen LogP contribution in [0, 0.1) is 10.1 Å². The third-order valence-corrected chi connectivity index (χ3v) is 4.73. The number of nitro benzene ring substituents is 1. The monoisotopic (exact) mass is 374 g/mol. The Hall–Kier alpha value is -3.31. The zero-order valence-electron chi connectivity index (χ0n) is 15.7. The second-order valence-corrected chi connectivity index (χ2v) is 6.72. The Labute approximate surface area is 164 Å². The molecule has 5 nitrogen and oxygen atoms in total. The minimum atomic E-state index is -0.479. The van der Waals surface area contributed by atoms with Gasteiger partial charge in [-0.2, -0.15) is 0 Å². The van der Waals surface area contributed by atoms with E-state index in [1.807, 2.05) is 67.6 Å². The van der Waals surface area contributed by atoms with E-state index in [0.29, 0.717) is 18.7 Å². The van der Waals surface area contributed by atoms with E-state index in [0.717, 1.165) is 11.1 Å². The number of Topliss-reactive ketones (excluding diaryl/α,β-unsaturated/α-hetero) is 1. The fraction of sp³-hybridized carbons (Fsp3) is 0.174. The Morgan fingerprint density at radius 2 is 1.43 bits per heavy atom. The summed E-state index contributed by atoms with van der Waals surface area (Å²) >= 11 is 0. The van der Waals surface area contributed by atoms with Crippen molar-refractivity contribution in [3.05, 3.63) is 112 Å². The maximum Gasteiger partial charge on any atom is 0.270 e. The smallest absolute Gasteiger partial charge is 0.270 e. The summed E-state index contributed by atoms with van der Waals surface area (Å²) in [7, 11) is 0. The average molecular weight is 374 g/mol. The molecule has 0 fully saturated rings. The first-order chi connectivity index (χ1) is 13.5. The molecule has 3 rings (SSSR count). The van der Waals surface area contributed by atoms with Crippen LogP contribution in [0.15, 0.2) is 84.9 Å². The summed E-state index contributed by atoms with van der Waals surface area (Å²) in [5, 5.41) is 11.0. The largest absolute Gasteiger partial charge is 0.292 e. The van der Waals surface area contributed by atoms with Gasteiger partial charge in [-0.15, -0.1) is 0 Å². The zero-order chi connectivity index (χ0) is 19.9. The van der Waals surface area contributed by atoms with E-state index in [9.17, 15) is 14.9 Å². The average Bonchev–Trinajstić information content (AvgIpc) is 2.74. The van der Waals surface area contributed by atoms with Gasteiger partial charge in [0.25, 0.3) is 5.69 Å².